The summed E-state index contributed by atoms with van der Waals surface area (Å²) >= 11 is 1.60. The van der Waals surface area contributed by atoms with E-state index in [1.54, 1.807) is 11.3 Å². The Morgan fingerprint density at radius 2 is 1.67 bits per heavy atom. The average molecular weight is 417 g/mol. The van der Waals surface area contributed by atoms with Crippen molar-refractivity contribution in [1.82, 2.24) is 19.8 Å². The van der Waals surface area contributed by atoms with Crippen molar-refractivity contribution < 1.29 is 4.74 Å². The topological polar surface area (TPSA) is 52.3 Å². The first-order chi connectivity index (χ1) is 14.8. The molecule has 2 aromatic carbocycles. The molecule has 5 nitrogen and oxygen atoms in total. The van der Waals surface area contributed by atoms with Crippen LogP contribution in [0.25, 0.3) is 15.7 Å². The Bertz CT molecular complexity index is 1220. The van der Waals surface area contributed by atoms with Gasteiger partial charge in [-0.25, -0.2) is 0 Å². The van der Waals surface area contributed by atoms with Gasteiger partial charge in [0.2, 0.25) is 4.96 Å². The number of rotatable bonds is 4. The van der Waals surface area contributed by atoms with Crippen LogP contribution < -0.4 is 4.74 Å². The summed E-state index contributed by atoms with van der Waals surface area (Å²) in [6.07, 6.45) is 8.13. The highest BCUT2D eigenvalue weighted by Gasteiger charge is 2.54. The van der Waals surface area contributed by atoms with E-state index in [4.69, 9.17) is 9.84 Å². The van der Waals surface area contributed by atoms with Crippen molar-refractivity contribution in [2.45, 2.75) is 50.5 Å². The summed E-state index contributed by atoms with van der Waals surface area (Å²) in [5.41, 5.74) is 0.204. The number of hydrogen-bond acceptors (Lipinski definition) is 5. The standard InChI is InChI=1S/C24H24N4OS/c1-2-6-19-18(4-1)5-3-7-20(19)29-14-21-27-28-22(25-26-23(28)30-21)24-11-15-8-16(12-24)10-17(9-15)13-24/h1-7,15-17H,8-14H2. The van der Waals surface area contributed by atoms with Gasteiger partial charge < -0.3 is 4.74 Å². The van der Waals surface area contributed by atoms with Gasteiger partial charge in [-0.05, 0) is 67.7 Å². The highest BCUT2D eigenvalue weighted by Crippen LogP contribution is 2.60. The lowest BCUT2D eigenvalue weighted by Crippen LogP contribution is -2.49. The predicted molar refractivity (Wildman–Crippen MR) is 117 cm³/mol. The highest BCUT2D eigenvalue weighted by molar-refractivity contribution is 7.16. The lowest BCUT2D eigenvalue weighted by molar-refractivity contribution is -0.0103. The third-order valence-corrected chi connectivity index (χ3v) is 8.52. The monoisotopic (exact) mass is 416 g/mol. The molecule has 6 heteroatoms. The van der Waals surface area contributed by atoms with Crippen molar-refractivity contribution in [2.75, 3.05) is 0 Å². The number of aromatic nitrogens is 4. The molecule has 152 valence electrons. The number of ether oxygens (including phenoxy) is 1. The summed E-state index contributed by atoms with van der Waals surface area (Å²) in [6.45, 7) is 0.461. The summed E-state index contributed by atoms with van der Waals surface area (Å²) < 4.78 is 8.22. The minimum absolute atomic E-state index is 0.204. The van der Waals surface area contributed by atoms with Gasteiger partial charge >= 0.3 is 0 Å². The van der Waals surface area contributed by atoms with Gasteiger partial charge in [-0.2, -0.15) is 9.61 Å². The average Bonchev–Trinajstić information content (AvgIpc) is 3.32. The molecular formula is C24H24N4OS. The molecule has 8 rings (SSSR count). The number of hydrogen-bond donors (Lipinski definition) is 0. The summed E-state index contributed by atoms with van der Waals surface area (Å²) in [7, 11) is 0. The van der Waals surface area contributed by atoms with Crippen LogP contribution in [0.5, 0.6) is 5.75 Å². The normalized spacial score (nSPS) is 29.8. The van der Waals surface area contributed by atoms with E-state index < -0.39 is 0 Å². The van der Waals surface area contributed by atoms with E-state index in [1.165, 1.54) is 43.9 Å². The second kappa shape index (κ2) is 6.27. The van der Waals surface area contributed by atoms with Crippen LogP contribution in [-0.2, 0) is 12.0 Å². The van der Waals surface area contributed by atoms with Crippen LogP contribution in [0, 0.1) is 17.8 Å². The summed E-state index contributed by atoms with van der Waals surface area (Å²) in [5.74, 6) is 4.67. The Balaban J connectivity index is 1.19. The van der Waals surface area contributed by atoms with Crippen LogP contribution in [0.2, 0.25) is 0 Å². The first kappa shape index (κ1) is 17.2. The van der Waals surface area contributed by atoms with Gasteiger partial charge in [0.1, 0.15) is 12.4 Å². The molecule has 0 spiro atoms. The lowest BCUT2D eigenvalue weighted by atomic mass is 9.49. The van der Waals surface area contributed by atoms with Gasteiger partial charge in [-0.15, -0.1) is 10.2 Å². The molecule has 0 N–H and O–H groups in total. The Labute approximate surface area is 179 Å². The zero-order valence-electron chi connectivity index (χ0n) is 16.8. The van der Waals surface area contributed by atoms with E-state index in [9.17, 15) is 0 Å². The zero-order chi connectivity index (χ0) is 19.7. The minimum atomic E-state index is 0.204. The van der Waals surface area contributed by atoms with Crippen molar-refractivity contribution in [3.63, 3.8) is 0 Å². The van der Waals surface area contributed by atoms with Crippen molar-refractivity contribution in [3.05, 3.63) is 53.3 Å². The molecule has 4 bridgehead atoms. The molecule has 4 aromatic rings. The Morgan fingerprint density at radius 1 is 0.933 bits per heavy atom. The highest BCUT2D eigenvalue weighted by atomic mass is 32.1. The van der Waals surface area contributed by atoms with Gasteiger partial charge in [0.25, 0.3) is 0 Å². The molecule has 4 saturated carbocycles. The summed E-state index contributed by atoms with van der Waals surface area (Å²) in [4.78, 5) is 0.900. The second-order valence-corrected chi connectivity index (χ2v) is 10.7. The number of fused-ring (bicyclic) bond motifs is 2. The van der Waals surface area contributed by atoms with E-state index in [-0.39, 0.29) is 5.41 Å². The second-order valence-electron chi connectivity index (χ2n) is 9.68. The number of nitrogens with zero attached hydrogens (tertiary/aromatic N) is 4. The van der Waals surface area contributed by atoms with Gasteiger partial charge in [0.15, 0.2) is 10.8 Å². The molecule has 0 aliphatic heterocycles. The lowest BCUT2D eigenvalue weighted by Gasteiger charge is -2.55. The van der Waals surface area contributed by atoms with E-state index in [0.29, 0.717) is 6.61 Å². The van der Waals surface area contributed by atoms with Crippen molar-refractivity contribution in [1.29, 1.82) is 0 Å². The Kier molecular flexibility index (Phi) is 3.60. The van der Waals surface area contributed by atoms with Crippen LogP contribution >= 0.6 is 11.3 Å². The maximum atomic E-state index is 6.18. The van der Waals surface area contributed by atoms with Crippen LogP contribution in [0.3, 0.4) is 0 Å². The maximum absolute atomic E-state index is 6.18. The fourth-order valence-electron chi connectivity index (χ4n) is 6.89. The zero-order valence-corrected chi connectivity index (χ0v) is 17.6. The van der Waals surface area contributed by atoms with Gasteiger partial charge in [0, 0.05) is 10.8 Å². The molecule has 2 heterocycles. The van der Waals surface area contributed by atoms with E-state index in [1.807, 2.05) is 16.6 Å². The van der Waals surface area contributed by atoms with Crippen LogP contribution in [0.15, 0.2) is 42.5 Å². The summed E-state index contributed by atoms with van der Waals surface area (Å²) in [5, 5.41) is 17.4. The first-order valence-electron chi connectivity index (χ1n) is 11.1. The van der Waals surface area contributed by atoms with Crippen LogP contribution in [0.1, 0.15) is 49.4 Å². The van der Waals surface area contributed by atoms with Crippen molar-refractivity contribution in [2.24, 2.45) is 17.8 Å². The van der Waals surface area contributed by atoms with E-state index in [2.05, 4.69) is 40.5 Å². The SMILES string of the molecule is c1ccc2c(OCc3nn4c(C56CC7CC(CC(C7)C5)C6)nnc4s3)cccc2c1. The Morgan fingerprint density at radius 3 is 2.47 bits per heavy atom. The molecule has 0 amide bonds. The maximum Gasteiger partial charge on any atom is 0.234 e. The molecule has 0 unspecified atom stereocenters. The van der Waals surface area contributed by atoms with Crippen molar-refractivity contribution in [3.8, 4) is 5.75 Å². The predicted octanol–water partition coefficient (Wildman–Crippen LogP) is 5.39. The van der Waals surface area contributed by atoms with Gasteiger partial charge in [-0.3, -0.25) is 0 Å². The third-order valence-electron chi connectivity index (χ3n) is 7.65. The smallest absolute Gasteiger partial charge is 0.234 e. The fourth-order valence-corrected chi connectivity index (χ4v) is 7.64. The molecule has 2 aromatic heterocycles. The molecular weight excluding hydrogens is 392 g/mol. The third kappa shape index (κ3) is 2.56. The molecule has 0 saturated heterocycles. The summed E-state index contributed by atoms with van der Waals surface area (Å²) in [6, 6.07) is 14.5. The van der Waals surface area contributed by atoms with Gasteiger partial charge in [0.05, 0.1) is 0 Å². The Hall–Kier alpha value is -2.47. The fraction of sp³-hybridized carbons (Fsp3) is 0.458. The molecule has 4 fully saturated rings. The minimum Gasteiger partial charge on any atom is -0.486 e. The molecule has 30 heavy (non-hydrogen) atoms. The van der Waals surface area contributed by atoms with Crippen molar-refractivity contribution >= 4 is 27.1 Å². The molecule has 0 atom stereocenters. The molecule has 4 aliphatic carbocycles. The van der Waals surface area contributed by atoms with Gasteiger partial charge in [-0.1, -0.05) is 47.7 Å². The quantitative estimate of drug-likeness (QED) is 0.448. The van der Waals surface area contributed by atoms with Crippen LogP contribution in [-0.4, -0.2) is 19.8 Å². The number of benzene rings is 2. The molecule has 0 radical (unpaired) electrons. The van der Waals surface area contributed by atoms with E-state index in [0.717, 1.165) is 44.7 Å². The first-order valence-corrected chi connectivity index (χ1v) is 11.9. The van der Waals surface area contributed by atoms with Crippen LogP contribution in [0.4, 0.5) is 0 Å². The molecule has 4 aliphatic rings. The largest absolute Gasteiger partial charge is 0.486 e. The van der Waals surface area contributed by atoms with E-state index >= 15 is 0 Å².